The van der Waals surface area contributed by atoms with Gasteiger partial charge in [-0.25, -0.2) is 0 Å². The van der Waals surface area contributed by atoms with E-state index in [9.17, 15) is 9.90 Å². The number of carbonyl (C=O) groups is 1. The van der Waals surface area contributed by atoms with Crippen molar-refractivity contribution >= 4 is 5.97 Å². The fourth-order valence-electron chi connectivity index (χ4n) is 2.54. The van der Waals surface area contributed by atoms with Crippen LogP contribution >= 0.6 is 0 Å². The largest absolute Gasteiger partial charge is 0.493 e. The van der Waals surface area contributed by atoms with Crippen LogP contribution in [0, 0.1) is 20.8 Å². The first-order valence-electron chi connectivity index (χ1n) is 7.50. The van der Waals surface area contributed by atoms with Crippen molar-refractivity contribution in [2.45, 2.75) is 52.5 Å². The zero-order valence-electron chi connectivity index (χ0n) is 13.7. The smallest absolute Gasteiger partial charge is 0.323 e. The average Bonchev–Trinajstić information content (AvgIpc) is 2.46. The minimum atomic E-state index is -0.847. The second-order valence-corrected chi connectivity index (χ2v) is 5.60. The van der Waals surface area contributed by atoms with Crippen molar-refractivity contribution in [1.29, 1.82) is 0 Å². The summed E-state index contributed by atoms with van der Waals surface area (Å²) in [5.41, 5.74) is 2.63. The highest BCUT2D eigenvalue weighted by molar-refractivity contribution is 5.78. The first-order chi connectivity index (χ1) is 9.88. The number of ether oxygens (including phenoxy) is 1. The predicted molar refractivity (Wildman–Crippen MR) is 85.1 cm³/mol. The van der Waals surface area contributed by atoms with E-state index < -0.39 is 11.5 Å². The lowest BCUT2D eigenvalue weighted by molar-refractivity contribution is -0.145. The topological polar surface area (TPSA) is 58.6 Å². The summed E-state index contributed by atoms with van der Waals surface area (Å²) in [4.78, 5) is 11.4. The molecule has 1 rings (SSSR count). The molecule has 1 aromatic carbocycles. The third kappa shape index (κ3) is 3.97. The van der Waals surface area contributed by atoms with E-state index in [1.165, 1.54) is 5.56 Å². The molecule has 1 aromatic rings. The van der Waals surface area contributed by atoms with Crippen LogP contribution in [0.3, 0.4) is 0 Å². The third-order valence-electron chi connectivity index (χ3n) is 4.36. The van der Waals surface area contributed by atoms with Gasteiger partial charge < -0.3 is 15.2 Å². The van der Waals surface area contributed by atoms with Gasteiger partial charge in [-0.3, -0.25) is 4.79 Å². The first kappa shape index (κ1) is 17.5. The lowest BCUT2D eigenvalue weighted by Gasteiger charge is -2.27. The maximum Gasteiger partial charge on any atom is 0.323 e. The molecule has 0 fully saturated rings. The highest BCUT2D eigenvalue weighted by Gasteiger charge is 2.34. The zero-order chi connectivity index (χ0) is 16.0. The zero-order valence-corrected chi connectivity index (χ0v) is 13.7. The molecule has 0 aliphatic carbocycles. The lowest BCUT2D eigenvalue weighted by Crippen LogP contribution is -2.50. The number of hydrogen-bond donors (Lipinski definition) is 2. The van der Waals surface area contributed by atoms with Gasteiger partial charge in [0, 0.05) is 0 Å². The fourth-order valence-corrected chi connectivity index (χ4v) is 2.54. The number of benzene rings is 1. The summed E-state index contributed by atoms with van der Waals surface area (Å²) < 4.78 is 5.89. The van der Waals surface area contributed by atoms with Crippen molar-refractivity contribution in [1.82, 2.24) is 5.32 Å². The second kappa shape index (κ2) is 7.46. The molecule has 1 unspecified atom stereocenters. The number of rotatable bonds is 8. The van der Waals surface area contributed by atoms with E-state index >= 15 is 0 Å². The standard InChI is InChI=1S/C17H27NO3/c1-6-17(18-5,16(19)20)10-7-11-21-15-13(3)9-8-12(2)14(15)4/h8-9,18H,6-7,10-11H2,1-5H3,(H,19,20). The van der Waals surface area contributed by atoms with E-state index in [2.05, 4.69) is 31.3 Å². The van der Waals surface area contributed by atoms with E-state index in [4.69, 9.17) is 4.74 Å². The quantitative estimate of drug-likeness (QED) is 0.723. The van der Waals surface area contributed by atoms with E-state index in [-0.39, 0.29) is 0 Å². The number of hydrogen-bond acceptors (Lipinski definition) is 3. The summed E-state index contributed by atoms with van der Waals surface area (Å²) in [5.74, 6) is 0.132. The van der Waals surface area contributed by atoms with Crippen LogP contribution in [0.15, 0.2) is 12.1 Å². The maximum atomic E-state index is 11.4. The van der Waals surface area contributed by atoms with Gasteiger partial charge >= 0.3 is 5.97 Å². The van der Waals surface area contributed by atoms with Crippen molar-refractivity contribution in [3.8, 4) is 5.75 Å². The van der Waals surface area contributed by atoms with Gasteiger partial charge in [-0.1, -0.05) is 19.1 Å². The molecule has 118 valence electrons. The molecule has 0 saturated heterocycles. The van der Waals surface area contributed by atoms with Gasteiger partial charge in [0.1, 0.15) is 11.3 Å². The summed E-state index contributed by atoms with van der Waals surface area (Å²) in [7, 11) is 1.70. The maximum absolute atomic E-state index is 11.4. The molecule has 2 N–H and O–H groups in total. The molecule has 0 spiro atoms. The van der Waals surface area contributed by atoms with Gasteiger partial charge in [-0.2, -0.15) is 0 Å². The Hall–Kier alpha value is -1.55. The second-order valence-electron chi connectivity index (χ2n) is 5.60. The Morgan fingerprint density at radius 1 is 1.29 bits per heavy atom. The molecule has 4 heteroatoms. The van der Waals surface area contributed by atoms with Gasteiger partial charge in [-0.05, 0) is 63.8 Å². The third-order valence-corrected chi connectivity index (χ3v) is 4.36. The van der Waals surface area contributed by atoms with E-state index in [1.54, 1.807) is 7.05 Å². The molecule has 0 aliphatic rings. The lowest BCUT2D eigenvalue weighted by atomic mass is 9.91. The Morgan fingerprint density at radius 3 is 2.43 bits per heavy atom. The molecular weight excluding hydrogens is 266 g/mol. The van der Waals surface area contributed by atoms with Crippen LogP contribution < -0.4 is 10.1 Å². The molecule has 4 nitrogen and oxygen atoms in total. The van der Waals surface area contributed by atoms with Crippen LogP contribution in [-0.4, -0.2) is 30.3 Å². The molecule has 0 radical (unpaired) electrons. The van der Waals surface area contributed by atoms with Crippen LogP contribution in [0.1, 0.15) is 42.9 Å². The summed E-state index contributed by atoms with van der Waals surface area (Å²) in [6.45, 7) is 8.57. The van der Waals surface area contributed by atoms with Crippen LogP contribution in [-0.2, 0) is 4.79 Å². The fraction of sp³-hybridized carbons (Fsp3) is 0.588. The van der Waals surface area contributed by atoms with Gasteiger partial charge in [0.25, 0.3) is 0 Å². The first-order valence-corrected chi connectivity index (χ1v) is 7.50. The Balaban J connectivity index is 2.63. The molecular formula is C17H27NO3. The SMILES string of the molecule is CCC(CCCOc1c(C)ccc(C)c1C)(NC)C(=O)O. The minimum Gasteiger partial charge on any atom is -0.493 e. The Kier molecular flexibility index (Phi) is 6.21. The normalized spacial score (nSPS) is 13.8. The Morgan fingerprint density at radius 2 is 1.90 bits per heavy atom. The number of aliphatic carboxylic acids is 1. The molecule has 21 heavy (non-hydrogen) atoms. The highest BCUT2D eigenvalue weighted by atomic mass is 16.5. The number of nitrogens with one attached hydrogen (secondary N) is 1. The van der Waals surface area contributed by atoms with Crippen LogP contribution in [0.5, 0.6) is 5.75 Å². The van der Waals surface area contributed by atoms with Crippen molar-refractivity contribution in [2.24, 2.45) is 0 Å². The van der Waals surface area contributed by atoms with Crippen LogP contribution in [0.25, 0.3) is 0 Å². The summed E-state index contributed by atoms with van der Waals surface area (Å²) in [6, 6.07) is 4.14. The van der Waals surface area contributed by atoms with Gasteiger partial charge in [0.05, 0.1) is 6.61 Å². The van der Waals surface area contributed by atoms with Crippen molar-refractivity contribution in [3.63, 3.8) is 0 Å². The molecule has 0 saturated carbocycles. The minimum absolute atomic E-state index is 0.530. The number of aryl methyl sites for hydroxylation is 2. The molecule has 0 heterocycles. The van der Waals surface area contributed by atoms with Crippen molar-refractivity contribution in [2.75, 3.05) is 13.7 Å². The van der Waals surface area contributed by atoms with E-state index in [0.29, 0.717) is 25.9 Å². The molecule has 1 atom stereocenters. The Bertz CT molecular complexity index is 493. The summed E-state index contributed by atoms with van der Waals surface area (Å²) in [5, 5.41) is 12.3. The number of carboxylic acid groups (broad SMARTS) is 1. The predicted octanol–water partition coefficient (Wildman–Crippen LogP) is 3.22. The molecule has 0 aliphatic heterocycles. The molecule has 0 bridgehead atoms. The average molecular weight is 293 g/mol. The van der Waals surface area contributed by atoms with Gasteiger partial charge in [-0.15, -0.1) is 0 Å². The summed E-state index contributed by atoms with van der Waals surface area (Å²) in [6.07, 6.45) is 1.81. The van der Waals surface area contributed by atoms with Crippen molar-refractivity contribution in [3.05, 3.63) is 28.8 Å². The molecule has 0 aromatic heterocycles. The monoisotopic (exact) mass is 293 g/mol. The van der Waals surface area contributed by atoms with E-state index in [1.807, 2.05) is 13.8 Å². The van der Waals surface area contributed by atoms with Crippen LogP contribution in [0.4, 0.5) is 0 Å². The highest BCUT2D eigenvalue weighted by Crippen LogP contribution is 2.26. The van der Waals surface area contributed by atoms with Crippen LogP contribution in [0.2, 0.25) is 0 Å². The Labute approximate surface area is 127 Å². The van der Waals surface area contributed by atoms with Gasteiger partial charge in [0.15, 0.2) is 0 Å². The number of carboxylic acids is 1. The summed E-state index contributed by atoms with van der Waals surface area (Å²) >= 11 is 0. The molecule has 0 amide bonds. The number of likely N-dealkylation sites (N-methyl/N-ethyl adjacent to an activating group) is 1. The van der Waals surface area contributed by atoms with Crippen molar-refractivity contribution < 1.29 is 14.6 Å². The van der Waals surface area contributed by atoms with E-state index in [0.717, 1.165) is 16.9 Å². The van der Waals surface area contributed by atoms with Gasteiger partial charge in [0.2, 0.25) is 0 Å².